The third-order valence-electron chi connectivity index (χ3n) is 4.35. The zero-order valence-electron chi connectivity index (χ0n) is 11.5. The maximum Gasteiger partial charge on any atom is 0.124 e. The highest BCUT2D eigenvalue weighted by Gasteiger charge is 2.44. The molecule has 3 nitrogen and oxygen atoms in total. The summed E-state index contributed by atoms with van der Waals surface area (Å²) in [6, 6.07) is 8.21. The number of benzene rings is 1. The minimum Gasteiger partial charge on any atom is -0.493 e. The highest BCUT2D eigenvalue weighted by atomic mass is 16.5. The fourth-order valence-corrected chi connectivity index (χ4v) is 3.39. The second kappa shape index (κ2) is 5.51. The third kappa shape index (κ3) is 2.49. The first kappa shape index (κ1) is 12.9. The van der Waals surface area contributed by atoms with E-state index in [0.717, 1.165) is 30.8 Å². The third-order valence-corrected chi connectivity index (χ3v) is 4.35. The summed E-state index contributed by atoms with van der Waals surface area (Å²) in [4.78, 5) is 0. The lowest BCUT2D eigenvalue weighted by atomic mass is 9.81. The second-order valence-electron chi connectivity index (χ2n) is 5.69. The van der Waals surface area contributed by atoms with E-state index in [9.17, 15) is 0 Å². The molecule has 0 spiro atoms. The van der Waals surface area contributed by atoms with Crippen molar-refractivity contribution in [3.05, 3.63) is 29.8 Å². The predicted molar refractivity (Wildman–Crippen MR) is 75.2 cm³/mol. The SMILES string of the molecule is CCCOc1ccccc1C(N)C1CC2CCC1O2. The smallest absolute Gasteiger partial charge is 0.124 e. The van der Waals surface area contributed by atoms with Gasteiger partial charge in [-0.3, -0.25) is 0 Å². The van der Waals surface area contributed by atoms with Crippen molar-refractivity contribution < 1.29 is 9.47 Å². The molecule has 2 N–H and O–H groups in total. The highest BCUT2D eigenvalue weighted by molar-refractivity contribution is 5.36. The van der Waals surface area contributed by atoms with Crippen molar-refractivity contribution in [2.75, 3.05) is 6.61 Å². The molecule has 104 valence electrons. The van der Waals surface area contributed by atoms with Gasteiger partial charge in [0.15, 0.2) is 0 Å². The van der Waals surface area contributed by atoms with Crippen LogP contribution in [0.15, 0.2) is 24.3 Å². The van der Waals surface area contributed by atoms with Gasteiger partial charge in [-0.05, 0) is 31.7 Å². The molecule has 2 aliphatic heterocycles. The molecule has 2 bridgehead atoms. The van der Waals surface area contributed by atoms with Gasteiger partial charge in [0.25, 0.3) is 0 Å². The van der Waals surface area contributed by atoms with Crippen molar-refractivity contribution in [2.24, 2.45) is 11.7 Å². The summed E-state index contributed by atoms with van der Waals surface area (Å²) >= 11 is 0. The predicted octanol–water partition coefficient (Wildman–Crippen LogP) is 3.04. The normalized spacial score (nSPS) is 30.5. The number of para-hydroxylation sites is 1. The van der Waals surface area contributed by atoms with Crippen LogP contribution in [-0.4, -0.2) is 18.8 Å². The average Bonchev–Trinajstić information content (AvgIpc) is 3.07. The monoisotopic (exact) mass is 261 g/mol. The van der Waals surface area contributed by atoms with E-state index in [0.29, 0.717) is 18.1 Å². The molecule has 4 atom stereocenters. The van der Waals surface area contributed by atoms with E-state index in [4.69, 9.17) is 15.2 Å². The highest BCUT2D eigenvalue weighted by Crippen LogP contribution is 2.45. The molecular formula is C16H23NO2. The Morgan fingerprint density at radius 3 is 2.89 bits per heavy atom. The quantitative estimate of drug-likeness (QED) is 0.886. The lowest BCUT2D eigenvalue weighted by molar-refractivity contribution is 0.0882. The van der Waals surface area contributed by atoms with Gasteiger partial charge < -0.3 is 15.2 Å². The summed E-state index contributed by atoms with van der Waals surface area (Å²) in [5.74, 6) is 1.39. The molecular weight excluding hydrogens is 238 g/mol. The van der Waals surface area contributed by atoms with Crippen LogP contribution in [0.1, 0.15) is 44.2 Å². The van der Waals surface area contributed by atoms with Crippen molar-refractivity contribution in [1.29, 1.82) is 0 Å². The van der Waals surface area contributed by atoms with E-state index in [2.05, 4.69) is 13.0 Å². The molecule has 3 heteroatoms. The minimum absolute atomic E-state index is 0.0309. The van der Waals surface area contributed by atoms with E-state index < -0.39 is 0 Å². The van der Waals surface area contributed by atoms with Crippen molar-refractivity contribution in [1.82, 2.24) is 0 Å². The Hall–Kier alpha value is -1.06. The molecule has 0 radical (unpaired) electrons. The summed E-state index contributed by atoms with van der Waals surface area (Å²) < 4.78 is 11.8. The Kier molecular flexibility index (Phi) is 3.76. The molecule has 1 aromatic carbocycles. The van der Waals surface area contributed by atoms with Gasteiger partial charge in [0.1, 0.15) is 5.75 Å². The molecule has 1 aromatic rings. The lowest BCUT2D eigenvalue weighted by Crippen LogP contribution is -2.29. The number of nitrogens with two attached hydrogens (primary N) is 1. The fourth-order valence-electron chi connectivity index (χ4n) is 3.39. The van der Waals surface area contributed by atoms with Crippen LogP contribution in [0.2, 0.25) is 0 Å². The zero-order valence-corrected chi connectivity index (χ0v) is 11.5. The Bertz CT molecular complexity index is 435. The van der Waals surface area contributed by atoms with E-state index in [-0.39, 0.29) is 6.04 Å². The Labute approximate surface area is 115 Å². The summed E-state index contributed by atoms with van der Waals surface area (Å²) in [6.07, 6.45) is 5.31. The van der Waals surface area contributed by atoms with Crippen LogP contribution < -0.4 is 10.5 Å². The number of fused-ring (bicyclic) bond motifs is 2. The standard InChI is InChI=1S/C16H23NO2/c1-2-9-18-14-6-4-3-5-12(14)16(17)13-10-11-7-8-15(13)19-11/h3-6,11,13,15-16H,2,7-10,17H2,1H3. The van der Waals surface area contributed by atoms with Gasteiger partial charge in [0.05, 0.1) is 18.8 Å². The molecule has 0 saturated carbocycles. The van der Waals surface area contributed by atoms with Crippen LogP contribution in [-0.2, 0) is 4.74 Å². The molecule has 2 fully saturated rings. The molecule has 2 saturated heterocycles. The molecule has 0 aromatic heterocycles. The number of hydrogen-bond donors (Lipinski definition) is 1. The molecule has 2 aliphatic rings. The van der Waals surface area contributed by atoms with Crippen molar-refractivity contribution in [3.63, 3.8) is 0 Å². The van der Waals surface area contributed by atoms with Crippen molar-refractivity contribution >= 4 is 0 Å². The van der Waals surface area contributed by atoms with Crippen LogP contribution in [0, 0.1) is 5.92 Å². The fraction of sp³-hybridized carbons (Fsp3) is 0.625. The summed E-state index contributed by atoms with van der Waals surface area (Å²) in [5.41, 5.74) is 7.64. The van der Waals surface area contributed by atoms with Crippen LogP contribution >= 0.6 is 0 Å². The Morgan fingerprint density at radius 2 is 2.21 bits per heavy atom. The minimum atomic E-state index is 0.0309. The van der Waals surface area contributed by atoms with Crippen molar-refractivity contribution in [2.45, 2.75) is 50.9 Å². The maximum absolute atomic E-state index is 6.50. The van der Waals surface area contributed by atoms with Crippen LogP contribution in [0.25, 0.3) is 0 Å². The molecule has 0 amide bonds. The average molecular weight is 261 g/mol. The van der Waals surface area contributed by atoms with Gasteiger partial charge in [0.2, 0.25) is 0 Å². The Balaban J connectivity index is 1.77. The molecule has 2 heterocycles. The van der Waals surface area contributed by atoms with E-state index in [1.807, 2.05) is 18.2 Å². The van der Waals surface area contributed by atoms with Crippen LogP contribution in [0.5, 0.6) is 5.75 Å². The van der Waals surface area contributed by atoms with Gasteiger partial charge in [-0.25, -0.2) is 0 Å². The van der Waals surface area contributed by atoms with E-state index >= 15 is 0 Å². The first-order valence-electron chi connectivity index (χ1n) is 7.42. The van der Waals surface area contributed by atoms with Crippen LogP contribution in [0.3, 0.4) is 0 Å². The lowest BCUT2D eigenvalue weighted by Gasteiger charge is -2.27. The van der Waals surface area contributed by atoms with E-state index in [1.54, 1.807) is 0 Å². The molecule has 19 heavy (non-hydrogen) atoms. The second-order valence-corrected chi connectivity index (χ2v) is 5.69. The topological polar surface area (TPSA) is 44.5 Å². The first-order valence-corrected chi connectivity index (χ1v) is 7.42. The van der Waals surface area contributed by atoms with Gasteiger partial charge in [-0.2, -0.15) is 0 Å². The van der Waals surface area contributed by atoms with Gasteiger partial charge in [-0.15, -0.1) is 0 Å². The molecule has 4 unspecified atom stereocenters. The molecule has 0 aliphatic carbocycles. The van der Waals surface area contributed by atoms with Gasteiger partial charge >= 0.3 is 0 Å². The summed E-state index contributed by atoms with van der Waals surface area (Å²) in [5, 5.41) is 0. The zero-order chi connectivity index (χ0) is 13.2. The van der Waals surface area contributed by atoms with Crippen molar-refractivity contribution in [3.8, 4) is 5.75 Å². The largest absolute Gasteiger partial charge is 0.493 e. The molecule has 3 rings (SSSR count). The van der Waals surface area contributed by atoms with Gasteiger partial charge in [-0.1, -0.05) is 25.1 Å². The summed E-state index contributed by atoms with van der Waals surface area (Å²) in [7, 11) is 0. The Morgan fingerprint density at radius 1 is 1.37 bits per heavy atom. The van der Waals surface area contributed by atoms with Crippen LogP contribution in [0.4, 0.5) is 0 Å². The summed E-state index contributed by atoms with van der Waals surface area (Å²) in [6.45, 7) is 2.86. The maximum atomic E-state index is 6.50. The van der Waals surface area contributed by atoms with Gasteiger partial charge in [0, 0.05) is 17.5 Å². The number of hydrogen-bond acceptors (Lipinski definition) is 3. The first-order chi connectivity index (χ1) is 9.29. The van der Waals surface area contributed by atoms with E-state index in [1.165, 1.54) is 12.8 Å². The number of ether oxygens (including phenoxy) is 2. The number of rotatable bonds is 5.